The van der Waals surface area contributed by atoms with Crippen molar-refractivity contribution in [3.05, 3.63) is 97.3 Å². The zero-order valence-corrected chi connectivity index (χ0v) is 21.2. The number of aromatic nitrogens is 5. The SMILES string of the molecule is C=C(CC(C)C)Nc1cncc(-c2ccc3[nH]nc(-c4cc5c(-c6ccc(F)cc6)ccnc5[nH]4)c3c2)c1. The van der Waals surface area contributed by atoms with E-state index >= 15 is 0 Å². The molecule has 188 valence electrons. The summed E-state index contributed by atoms with van der Waals surface area (Å²) >= 11 is 0. The van der Waals surface area contributed by atoms with Crippen molar-refractivity contribution >= 4 is 27.6 Å². The maximum Gasteiger partial charge on any atom is 0.138 e. The van der Waals surface area contributed by atoms with Gasteiger partial charge in [-0.2, -0.15) is 5.10 Å². The van der Waals surface area contributed by atoms with Crippen LogP contribution >= 0.6 is 0 Å². The lowest BCUT2D eigenvalue weighted by Crippen LogP contribution is -2.02. The van der Waals surface area contributed by atoms with E-state index < -0.39 is 0 Å². The number of allylic oxidation sites excluding steroid dienone is 1. The first-order valence-electron chi connectivity index (χ1n) is 12.6. The molecular formula is C31H27FN6. The van der Waals surface area contributed by atoms with Gasteiger partial charge in [-0.05, 0) is 71.5 Å². The first-order valence-corrected chi connectivity index (χ1v) is 12.6. The first kappa shape index (κ1) is 23.6. The highest BCUT2D eigenvalue weighted by molar-refractivity contribution is 6.00. The lowest BCUT2D eigenvalue weighted by Gasteiger charge is -2.12. The average molecular weight is 503 g/mol. The number of nitrogens with zero attached hydrogens (tertiary/aromatic N) is 3. The summed E-state index contributed by atoms with van der Waals surface area (Å²) in [6.07, 6.45) is 6.33. The minimum Gasteiger partial charge on any atom is -0.358 e. The molecule has 0 saturated heterocycles. The molecule has 4 heterocycles. The third-order valence-corrected chi connectivity index (χ3v) is 6.55. The van der Waals surface area contributed by atoms with Crippen molar-refractivity contribution in [2.45, 2.75) is 20.3 Å². The molecule has 3 N–H and O–H groups in total. The largest absolute Gasteiger partial charge is 0.358 e. The predicted octanol–water partition coefficient (Wildman–Crippen LogP) is 7.95. The van der Waals surface area contributed by atoms with Crippen molar-refractivity contribution in [3.8, 4) is 33.6 Å². The number of nitrogens with one attached hydrogen (secondary N) is 3. The van der Waals surface area contributed by atoms with Gasteiger partial charge in [-0.25, -0.2) is 9.37 Å². The van der Waals surface area contributed by atoms with Crippen molar-refractivity contribution in [2.75, 3.05) is 5.32 Å². The van der Waals surface area contributed by atoms with E-state index in [0.29, 0.717) is 5.92 Å². The van der Waals surface area contributed by atoms with Crippen LogP contribution in [0.1, 0.15) is 20.3 Å². The highest BCUT2D eigenvalue weighted by atomic mass is 19.1. The number of halogens is 1. The Labute approximate surface area is 219 Å². The minimum absolute atomic E-state index is 0.260. The summed E-state index contributed by atoms with van der Waals surface area (Å²) < 4.78 is 13.5. The van der Waals surface area contributed by atoms with Crippen LogP contribution in [0.3, 0.4) is 0 Å². The Bertz CT molecular complexity index is 1780. The third-order valence-electron chi connectivity index (χ3n) is 6.55. The summed E-state index contributed by atoms with van der Waals surface area (Å²) in [5, 5.41) is 13.1. The normalized spacial score (nSPS) is 11.5. The molecule has 4 aromatic heterocycles. The molecule has 38 heavy (non-hydrogen) atoms. The molecule has 2 aromatic carbocycles. The molecule has 0 unspecified atom stereocenters. The Balaban J connectivity index is 1.38. The summed E-state index contributed by atoms with van der Waals surface area (Å²) in [5.74, 6) is 0.268. The molecule has 0 saturated carbocycles. The van der Waals surface area contributed by atoms with Gasteiger partial charge in [0.1, 0.15) is 17.2 Å². The Kier molecular flexibility index (Phi) is 5.96. The number of aromatic amines is 2. The Morgan fingerprint density at radius 3 is 2.58 bits per heavy atom. The van der Waals surface area contributed by atoms with Crippen LogP contribution in [0.25, 0.3) is 55.6 Å². The van der Waals surface area contributed by atoms with Crippen molar-refractivity contribution in [1.29, 1.82) is 0 Å². The number of pyridine rings is 2. The molecule has 0 aliphatic carbocycles. The average Bonchev–Trinajstić information content (AvgIpc) is 3.52. The standard InChI is InChI=1S/C31H27FN6/c1-18(2)12-19(3)35-24-13-22(16-33-17-24)21-6-9-28-27(14-21)30(38-37-28)29-15-26-25(10-11-34-31(26)36-29)20-4-7-23(32)8-5-20/h4-11,13-18,35H,3,12H2,1-2H3,(H,34,36)(H,37,38). The fourth-order valence-corrected chi connectivity index (χ4v) is 4.85. The minimum atomic E-state index is -0.260. The van der Waals surface area contributed by atoms with E-state index in [4.69, 9.17) is 0 Å². The Hall–Kier alpha value is -4.78. The van der Waals surface area contributed by atoms with E-state index in [1.165, 1.54) is 12.1 Å². The molecule has 7 heteroatoms. The lowest BCUT2D eigenvalue weighted by atomic mass is 10.0. The van der Waals surface area contributed by atoms with Gasteiger partial charge in [-0.1, -0.05) is 38.6 Å². The van der Waals surface area contributed by atoms with E-state index in [-0.39, 0.29) is 5.82 Å². The van der Waals surface area contributed by atoms with Gasteiger partial charge >= 0.3 is 0 Å². The number of anilines is 1. The third kappa shape index (κ3) is 4.54. The zero-order valence-electron chi connectivity index (χ0n) is 21.2. The van der Waals surface area contributed by atoms with Crippen molar-refractivity contribution in [3.63, 3.8) is 0 Å². The van der Waals surface area contributed by atoms with Crippen LogP contribution < -0.4 is 5.32 Å². The smallest absolute Gasteiger partial charge is 0.138 e. The molecule has 0 bridgehead atoms. The van der Waals surface area contributed by atoms with Crippen LogP contribution in [0.5, 0.6) is 0 Å². The molecule has 0 spiro atoms. The molecule has 0 radical (unpaired) electrons. The maximum absolute atomic E-state index is 13.5. The topological polar surface area (TPSA) is 82.3 Å². The molecule has 0 atom stereocenters. The van der Waals surface area contributed by atoms with E-state index in [1.807, 2.05) is 24.5 Å². The fraction of sp³-hybridized carbons (Fsp3) is 0.129. The van der Waals surface area contributed by atoms with Crippen LogP contribution in [0.2, 0.25) is 0 Å². The number of hydrogen-bond donors (Lipinski definition) is 3. The van der Waals surface area contributed by atoms with E-state index in [0.717, 1.165) is 73.4 Å². The molecule has 6 nitrogen and oxygen atoms in total. The quantitative estimate of drug-likeness (QED) is 0.207. The fourth-order valence-electron chi connectivity index (χ4n) is 4.85. The number of fused-ring (bicyclic) bond motifs is 2. The Morgan fingerprint density at radius 1 is 0.947 bits per heavy atom. The van der Waals surface area contributed by atoms with Crippen molar-refractivity contribution in [1.82, 2.24) is 25.1 Å². The predicted molar refractivity (Wildman–Crippen MR) is 152 cm³/mol. The van der Waals surface area contributed by atoms with Gasteiger partial charge < -0.3 is 10.3 Å². The molecule has 0 aliphatic rings. The molecule has 0 aliphatic heterocycles. The summed E-state index contributed by atoms with van der Waals surface area (Å²) in [6.45, 7) is 8.49. The van der Waals surface area contributed by atoms with Gasteiger partial charge in [0.15, 0.2) is 0 Å². The van der Waals surface area contributed by atoms with Gasteiger partial charge in [0, 0.05) is 34.4 Å². The van der Waals surface area contributed by atoms with Crippen LogP contribution in [0, 0.1) is 11.7 Å². The molecule has 6 rings (SSSR count). The summed E-state index contributed by atoms with van der Waals surface area (Å²) in [6, 6.07) is 18.8. The second-order valence-electron chi connectivity index (χ2n) is 9.93. The van der Waals surface area contributed by atoms with Crippen LogP contribution in [0.15, 0.2) is 91.5 Å². The second kappa shape index (κ2) is 9.59. The number of hydrogen-bond acceptors (Lipinski definition) is 4. The molecule has 6 aromatic rings. The number of H-pyrrole nitrogens is 2. The van der Waals surface area contributed by atoms with Gasteiger partial charge in [0.25, 0.3) is 0 Å². The molecule has 0 amide bonds. The molecule has 0 fully saturated rings. The highest BCUT2D eigenvalue weighted by Crippen LogP contribution is 2.35. The van der Waals surface area contributed by atoms with E-state index in [1.54, 1.807) is 18.3 Å². The van der Waals surface area contributed by atoms with Gasteiger partial charge in [0.05, 0.1) is 23.1 Å². The lowest BCUT2D eigenvalue weighted by molar-refractivity contribution is 0.628. The number of benzene rings is 2. The highest BCUT2D eigenvalue weighted by Gasteiger charge is 2.15. The van der Waals surface area contributed by atoms with E-state index in [9.17, 15) is 4.39 Å². The van der Waals surface area contributed by atoms with Crippen LogP contribution in [-0.2, 0) is 0 Å². The second-order valence-corrected chi connectivity index (χ2v) is 9.93. The van der Waals surface area contributed by atoms with Gasteiger partial charge in [-0.15, -0.1) is 0 Å². The van der Waals surface area contributed by atoms with Gasteiger partial charge in [-0.3, -0.25) is 10.1 Å². The van der Waals surface area contributed by atoms with E-state index in [2.05, 4.69) is 75.2 Å². The summed E-state index contributed by atoms with van der Waals surface area (Å²) in [7, 11) is 0. The first-order chi connectivity index (χ1) is 18.4. The van der Waals surface area contributed by atoms with Crippen LogP contribution in [-0.4, -0.2) is 25.1 Å². The summed E-state index contributed by atoms with van der Waals surface area (Å²) in [4.78, 5) is 12.4. The molecular weight excluding hydrogens is 475 g/mol. The van der Waals surface area contributed by atoms with Crippen molar-refractivity contribution < 1.29 is 4.39 Å². The Morgan fingerprint density at radius 2 is 1.76 bits per heavy atom. The van der Waals surface area contributed by atoms with Crippen LogP contribution in [0.4, 0.5) is 10.1 Å². The maximum atomic E-state index is 13.5. The number of rotatable bonds is 7. The zero-order chi connectivity index (χ0) is 26.2. The monoisotopic (exact) mass is 502 g/mol. The summed E-state index contributed by atoms with van der Waals surface area (Å²) in [5.41, 5.74) is 9.16. The van der Waals surface area contributed by atoms with Gasteiger partial charge in [0.2, 0.25) is 0 Å². The van der Waals surface area contributed by atoms with Crippen molar-refractivity contribution in [2.24, 2.45) is 5.92 Å².